The SMILES string of the molecule is Cc1ccc(N(c2ccc(C)c3ccccc23)c2ccc(-c3c4ccccc4c(-c4cccc5c4oc4ccccc45)c4ccccc34)c3ccccc23)c2ccccc12. The fourth-order valence-corrected chi connectivity index (χ4v) is 10.00. The van der Waals surface area contributed by atoms with E-state index in [-0.39, 0.29) is 0 Å². The van der Waals surface area contributed by atoms with Crippen molar-refractivity contribution in [3.63, 3.8) is 0 Å². The second-order valence-electron chi connectivity index (χ2n) is 16.0. The van der Waals surface area contributed by atoms with E-state index >= 15 is 0 Å². The van der Waals surface area contributed by atoms with Crippen LogP contribution in [-0.4, -0.2) is 0 Å². The second kappa shape index (κ2) is 13.4. The third-order valence-electron chi connectivity index (χ3n) is 12.7. The van der Waals surface area contributed by atoms with Gasteiger partial charge in [0, 0.05) is 38.1 Å². The van der Waals surface area contributed by atoms with Crippen LogP contribution in [0.2, 0.25) is 0 Å². The maximum Gasteiger partial charge on any atom is 0.143 e. The van der Waals surface area contributed by atoms with Gasteiger partial charge in [-0.05, 0) is 98.1 Å². The van der Waals surface area contributed by atoms with Gasteiger partial charge in [0.05, 0.1) is 17.1 Å². The first-order valence-corrected chi connectivity index (χ1v) is 20.8. The lowest BCUT2D eigenvalue weighted by Crippen LogP contribution is -2.12. The summed E-state index contributed by atoms with van der Waals surface area (Å²) in [5.74, 6) is 0. The highest BCUT2D eigenvalue weighted by atomic mass is 16.3. The number of aryl methyl sites for hydroxylation is 2. The summed E-state index contributed by atoms with van der Waals surface area (Å²) in [4.78, 5) is 2.50. The summed E-state index contributed by atoms with van der Waals surface area (Å²) >= 11 is 0. The van der Waals surface area contributed by atoms with Gasteiger partial charge in [0.2, 0.25) is 0 Å². The zero-order valence-electron chi connectivity index (χ0n) is 33.4. The van der Waals surface area contributed by atoms with Crippen LogP contribution in [-0.2, 0) is 0 Å². The Kier molecular flexibility index (Phi) is 7.70. The van der Waals surface area contributed by atoms with Crippen molar-refractivity contribution in [1.82, 2.24) is 0 Å². The van der Waals surface area contributed by atoms with Crippen LogP contribution in [0.3, 0.4) is 0 Å². The smallest absolute Gasteiger partial charge is 0.143 e. The molecule has 0 aliphatic carbocycles. The van der Waals surface area contributed by atoms with Crippen LogP contribution in [0.4, 0.5) is 17.1 Å². The lowest BCUT2D eigenvalue weighted by atomic mass is 9.84. The molecule has 0 saturated heterocycles. The minimum atomic E-state index is 0.906. The van der Waals surface area contributed by atoms with E-state index in [1.165, 1.54) is 81.7 Å². The molecule has 0 bridgehead atoms. The maximum atomic E-state index is 6.68. The molecule has 2 nitrogen and oxygen atoms in total. The van der Waals surface area contributed by atoms with Crippen LogP contribution in [0, 0.1) is 13.8 Å². The number of nitrogens with zero attached hydrogens (tertiary/aromatic N) is 1. The van der Waals surface area contributed by atoms with Gasteiger partial charge in [0.1, 0.15) is 11.2 Å². The van der Waals surface area contributed by atoms with Crippen molar-refractivity contribution < 1.29 is 4.42 Å². The van der Waals surface area contributed by atoms with Crippen molar-refractivity contribution in [1.29, 1.82) is 0 Å². The molecule has 0 atom stereocenters. The number of rotatable bonds is 5. The van der Waals surface area contributed by atoms with E-state index in [4.69, 9.17) is 4.42 Å². The fraction of sp³-hybridized carbons (Fsp3) is 0.0345. The van der Waals surface area contributed by atoms with Gasteiger partial charge in [-0.25, -0.2) is 0 Å². The molecular formula is C58H39NO. The van der Waals surface area contributed by atoms with E-state index in [2.05, 4.69) is 213 Å². The van der Waals surface area contributed by atoms with Crippen LogP contribution in [0.25, 0.3) is 98.1 Å². The molecule has 12 rings (SSSR count). The topological polar surface area (TPSA) is 16.4 Å². The average Bonchev–Trinajstić information content (AvgIpc) is 3.69. The second-order valence-corrected chi connectivity index (χ2v) is 16.0. The molecule has 0 aliphatic rings. The molecule has 0 amide bonds. The third kappa shape index (κ3) is 5.07. The Morgan fingerprint density at radius 2 is 0.667 bits per heavy atom. The predicted octanol–water partition coefficient (Wildman–Crippen LogP) is 16.8. The first-order valence-electron chi connectivity index (χ1n) is 20.8. The van der Waals surface area contributed by atoms with Crippen molar-refractivity contribution in [3.8, 4) is 22.3 Å². The van der Waals surface area contributed by atoms with E-state index < -0.39 is 0 Å². The monoisotopic (exact) mass is 765 g/mol. The van der Waals surface area contributed by atoms with Crippen molar-refractivity contribution in [2.75, 3.05) is 4.90 Å². The molecule has 2 heteroatoms. The zero-order chi connectivity index (χ0) is 39.9. The van der Waals surface area contributed by atoms with E-state index in [1.54, 1.807) is 0 Å². The Balaban J connectivity index is 1.16. The van der Waals surface area contributed by atoms with Crippen molar-refractivity contribution in [3.05, 3.63) is 211 Å². The van der Waals surface area contributed by atoms with Crippen LogP contribution in [0.1, 0.15) is 11.1 Å². The Morgan fingerprint density at radius 3 is 1.20 bits per heavy atom. The molecule has 0 aliphatic heterocycles. The van der Waals surface area contributed by atoms with Gasteiger partial charge in [-0.1, -0.05) is 176 Å². The van der Waals surface area contributed by atoms with Crippen LogP contribution < -0.4 is 4.90 Å². The lowest BCUT2D eigenvalue weighted by molar-refractivity contribution is 0.670. The van der Waals surface area contributed by atoms with Crippen LogP contribution >= 0.6 is 0 Å². The number of hydrogen-bond acceptors (Lipinski definition) is 2. The molecule has 1 aromatic heterocycles. The summed E-state index contributed by atoms with van der Waals surface area (Å²) in [5.41, 5.74) is 12.5. The number of hydrogen-bond donors (Lipinski definition) is 0. The van der Waals surface area contributed by atoms with Gasteiger partial charge in [0.25, 0.3) is 0 Å². The van der Waals surface area contributed by atoms with E-state index in [0.717, 1.165) is 44.6 Å². The fourth-order valence-electron chi connectivity index (χ4n) is 10.00. The largest absolute Gasteiger partial charge is 0.455 e. The molecule has 282 valence electrons. The standard InChI is InChI=1S/C58H39NO/c1-36-30-33-52(41-19-6-3-16-38(36)41)59(53-34-31-37(2)39-17-4-7-20-42(39)53)54-35-32-49(40-18-5-8-21-43(40)54)56-45-23-9-11-25-47(45)57(48-26-12-10-24-46(48)56)51-28-15-27-50-44-22-13-14-29-55(44)60-58(50)51/h3-35H,1-2H3. The number of para-hydroxylation sites is 2. The van der Waals surface area contributed by atoms with E-state index in [9.17, 15) is 0 Å². The summed E-state index contributed by atoms with van der Waals surface area (Å²) < 4.78 is 6.68. The Hall–Kier alpha value is -7.68. The van der Waals surface area contributed by atoms with E-state index in [0.29, 0.717) is 0 Å². The van der Waals surface area contributed by atoms with Gasteiger partial charge in [0.15, 0.2) is 0 Å². The molecule has 11 aromatic carbocycles. The van der Waals surface area contributed by atoms with E-state index in [1.807, 2.05) is 6.07 Å². The number of benzene rings is 11. The molecule has 60 heavy (non-hydrogen) atoms. The first-order chi connectivity index (χ1) is 29.6. The molecular weight excluding hydrogens is 727 g/mol. The van der Waals surface area contributed by atoms with Gasteiger partial charge < -0.3 is 9.32 Å². The Morgan fingerprint density at radius 1 is 0.283 bits per heavy atom. The van der Waals surface area contributed by atoms with Gasteiger partial charge in [-0.15, -0.1) is 0 Å². The lowest BCUT2D eigenvalue weighted by Gasteiger charge is -2.30. The molecule has 0 unspecified atom stereocenters. The summed E-state index contributed by atoms with van der Waals surface area (Å²) in [7, 11) is 0. The molecule has 12 aromatic rings. The minimum absolute atomic E-state index is 0.906. The quantitative estimate of drug-likeness (QED) is 0.162. The predicted molar refractivity (Wildman–Crippen MR) is 256 cm³/mol. The third-order valence-corrected chi connectivity index (χ3v) is 12.7. The summed E-state index contributed by atoms with van der Waals surface area (Å²) in [5, 5.41) is 14.5. The average molecular weight is 766 g/mol. The zero-order valence-corrected chi connectivity index (χ0v) is 33.4. The number of fused-ring (bicyclic) bond motifs is 8. The Bertz CT molecular complexity index is 3560. The highest BCUT2D eigenvalue weighted by Gasteiger charge is 2.24. The van der Waals surface area contributed by atoms with Crippen molar-refractivity contribution in [2.24, 2.45) is 0 Å². The maximum absolute atomic E-state index is 6.68. The highest BCUT2D eigenvalue weighted by Crippen LogP contribution is 2.51. The summed E-state index contributed by atoms with van der Waals surface area (Å²) in [6, 6.07) is 73.2. The minimum Gasteiger partial charge on any atom is -0.455 e. The molecule has 0 saturated carbocycles. The summed E-state index contributed by atoms with van der Waals surface area (Å²) in [6.45, 7) is 4.41. The number of anilines is 3. The normalized spacial score (nSPS) is 11.8. The molecule has 0 spiro atoms. The van der Waals surface area contributed by atoms with Crippen molar-refractivity contribution >= 4 is 92.9 Å². The first kappa shape index (κ1) is 34.4. The number of furan rings is 1. The Labute approximate surface area is 348 Å². The molecule has 1 heterocycles. The molecule has 0 radical (unpaired) electrons. The van der Waals surface area contributed by atoms with Gasteiger partial charge in [-0.2, -0.15) is 0 Å². The van der Waals surface area contributed by atoms with Crippen LogP contribution in [0.5, 0.6) is 0 Å². The summed E-state index contributed by atoms with van der Waals surface area (Å²) in [6.07, 6.45) is 0. The molecule has 0 N–H and O–H groups in total. The van der Waals surface area contributed by atoms with Crippen LogP contribution in [0.15, 0.2) is 205 Å². The van der Waals surface area contributed by atoms with Gasteiger partial charge >= 0.3 is 0 Å². The van der Waals surface area contributed by atoms with Gasteiger partial charge in [-0.3, -0.25) is 0 Å². The molecule has 0 fully saturated rings. The van der Waals surface area contributed by atoms with Crippen molar-refractivity contribution in [2.45, 2.75) is 13.8 Å². The highest BCUT2D eigenvalue weighted by molar-refractivity contribution is 6.26.